The molecule has 2 aliphatic heterocycles. The van der Waals surface area contributed by atoms with Gasteiger partial charge in [-0.15, -0.1) is 23.2 Å². The molecule has 10 rings (SSSR count). The van der Waals surface area contributed by atoms with Crippen LogP contribution in [0.2, 0.25) is 0 Å². The van der Waals surface area contributed by atoms with Crippen molar-refractivity contribution in [1.82, 2.24) is 19.8 Å². The fourth-order valence-corrected chi connectivity index (χ4v) is 12.5. The van der Waals surface area contributed by atoms with Crippen molar-refractivity contribution < 1.29 is 42.7 Å². The van der Waals surface area contributed by atoms with Crippen molar-refractivity contribution in [2.45, 2.75) is 58.5 Å². The molecule has 0 saturated heterocycles. The molecular formula is C46H49Cl2N6O9PS. The highest BCUT2D eigenvalue weighted by Gasteiger charge is 3.01. The second-order valence-electron chi connectivity index (χ2n) is 18.7. The Morgan fingerprint density at radius 3 is 1.83 bits per heavy atom. The first kappa shape index (κ1) is 44.0. The SMILES string of the molecule is Cc1ccc(COC(=O)N(C)CCN(C)C(=S)Oc2cc3c(c4c(C)c[nH]c24)[C@H](CCl)CN3C(=O)C23CC4(C(=O)N5C[C@@H](CCl)c6c5cc(OP(=O)(O)O)c5[nH]cc(C)c65)CC24C3)cc1. The standard InChI is InChI=1S/C46H49Cl2N6O9PS/c1-24-6-8-27(9-7-24)20-61-42(57)51(4)10-11-52(5)43(65)62-32-12-30-36(34-25(2)16-49-38(32)34)28(14-47)18-53(30)40(55)44-21-45(23-46(44,45)22-44)41(56)54-19-29(15-48)37-31(54)13-33(63-64(58,59)60)39-35(37)26(3)17-50-39/h6-9,12-13,16-17,28-29,49-50H,10-11,14-15,18-23H2,1-5H3,(H2,58,59,60)/t28-,29-,44?,45?,46?/m1/s1. The lowest BCUT2D eigenvalue weighted by molar-refractivity contribution is -0.134. The number of carbonyl (C=O) groups is 3. The van der Waals surface area contributed by atoms with Crippen LogP contribution < -0.4 is 19.1 Å². The van der Waals surface area contributed by atoms with Crippen LogP contribution in [0.3, 0.4) is 0 Å². The molecule has 342 valence electrons. The number of H-pyrrole nitrogens is 2. The minimum atomic E-state index is -4.94. The minimum absolute atomic E-state index is 0.0368. The van der Waals surface area contributed by atoms with E-state index in [0.717, 1.165) is 49.7 Å². The van der Waals surface area contributed by atoms with Gasteiger partial charge in [0.1, 0.15) is 6.61 Å². The Hall–Kier alpha value is -4.83. The fourth-order valence-electron chi connectivity index (χ4n) is 11.4. The fraction of sp³-hybridized carbons (Fsp3) is 0.435. The molecule has 1 spiro atoms. The molecule has 4 heterocycles. The first-order chi connectivity index (χ1) is 30.9. The first-order valence-electron chi connectivity index (χ1n) is 21.5. The maximum Gasteiger partial charge on any atom is 0.524 e. The Bertz CT molecular complexity index is 2920. The summed E-state index contributed by atoms with van der Waals surface area (Å²) in [6.45, 7) is 7.41. The third kappa shape index (κ3) is 6.68. The molecular weight excluding hydrogens is 914 g/mol. The molecule has 4 N–H and O–H groups in total. The van der Waals surface area contributed by atoms with Gasteiger partial charge in [0.2, 0.25) is 11.8 Å². The zero-order valence-corrected chi connectivity index (χ0v) is 39.7. The number of anilines is 2. The third-order valence-electron chi connectivity index (χ3n) is 14.8. The molecule has 15 nitrogen and oxygen atoms in total. The number of hydrogen-bond donors (Lipinski definition) is 4. The highest BCUT2D eigenvalue weighted by atomic mass is 35.5. The van der Waals surface area contributed by atoms with Crippen LogP contribution in [0, 0.1) is 37.0 Å². The lowest BCUT2D eigenvalue weighted by atomic mass is 9.72. The van der Waals surface area contributed by atoms with Crippen LogP contribution in [0.1, 0.15) is 64.5 Å². The molecule has 0 radical (unpaired) electrons. The largest absolute Gasteiger partial charge is 0.524 e. The Balaban J connectivity index is 0.867. The predicted molar refractivity (Wildman–Crippen MR) is 251 cm³/mol. The van der Waals surface area contributed by atoms with E-state index >= 15 is 4.79 Å². The topological polar surface area (TPSA) is 181 Å². The number of amides is 3. The molecule has 3 aromatic carbocycles. The zero-order chi connectivity index (χ0) is 46.1. The van der Waals surface area contributed by atoms with Crippen LogP contribution in [0.4, 0.5) is 16.2 Å². The van der Waals surface area contributed by atoms with Crippen molar-refractivity contribution in [2.75, 3.05) is 61.8 Å². The van der Waals surface area contributed by atoms with Crippen LogP contribution in [-0.4, -0.2) is 105 Å². The van der Waals surface area contributed by atoms with Gasteiger partial charge in [0.05, 0.1) is 33.2 Å². The van der Waals surface area contributed by atoms with Gasteiger partial charge in [-0.05, 0) is 80.1 Å². The highest BCUT2D eigenvalue weighted by molar-refractivity contribution is 7.80. The number of nitrogens with zero attached hydrogens (tertiary/aromatic N) is 4. The first-order valence-corrected chi connectivity index (χ1v) is 24.5. The molecule has 3 saturated carbocycles. The van der Waals surface area contributed by atoms with E-state index in [1.165, 1.54) is 11.0 Å². The molecule has 3 aliphatic carbocycles. The summed E-state index contributed by atoms with van der Waals surface area (Å²) in [6, 6.07) is 11.2. The summed E-state index contributed by atoms with van der Waals surface area (Å²) in [6.07, 6.45) is 4.73. The van der Waals surface area contributed by atoms with Gasteiger partial charge in [-0.25, -0.2) is 9.36 Å². The van der Waals surface area contributed by atoms with E-state index in [-0.39, 0.29) is 52.9 Å². The quantitative estimate of drug-likeness (QED) is 0.0539. The number of phosphoric acid groups is 1. The summed E-state index contributed by atoms with van der Waals surface area (Å²) < 4.78 is 29.1. The predicted octanol–water partition coefficient (Wildman–Crippen LogP) is 8.12. The Labute approximate surface area is 390 Å². The van der Waals surface area contributed by atoms with E-state index in [1.807, 2.05) is 62.2 Å². The Kier molecular flexibility index (Phi) is 10.4. The van der Waals surface area contributed by atoms with Gasteiger partial charge in [0, 0.05) is 105 Å². The van der Waals surface area contributed by atoms with Gasteiger partial charge < -0.3 is 43.6 Å². The van der Waals surface area contributed by atoms with Gasteiger partial charge in [0.15, 0.2) is 11.5 Å². The van der Waals surface area contributed by atoms with Crippen molar-refractivity contribution >= 4 is 99.5 Å². The summed E-state index contributed by atoms with van der Waals surface area (Å²) in [7, 11) is -1.48. The number of aromatic amines is 2. The van der Waals surface area contributed by atoms with E-state index in [4.69, 9.17) is 49.4 Å². The summed E-state index contributed by atoms with van der Waals surface area (Å²) >= 11 is 19.0. The second kappa shape index (κ2) is 15.4. The van der Waals surface area contributed by atoms with Crippen LogP contribution in [0.25, 0.3) is 21.8 Å². The normalized spacial score (nSPS) is 24.5. The Morgan fingerprint density at radius 2 is 1.32 bits per heavy atom. The van der Waals surface area contributed by atoms with E-state index in [1.54, 1.807) is 30.1 Å². The number of benzene rings is 3. The molecule has 19 heteroatoms. The molecule has 65 heavy (non-hydrogen) atoms. The van der Waals surface area contributed by atoms with Gasteiger partial charge in [-0.1, -0.05) is 29.8 Å². The summed E-state index contributed by atoms with van der Waals surface area (Å²) in [4.78, 5) is 75.4. The summed E-state index contributed by atoms with van der Waals surface area (Å²) in [5.74, 6) is 0.402. The molecule has 3 amide bonds. The smallest absolute Gasteiger partial charge is 0.445 e. The van der Waals surface area contributed by atoms with Gasteiger partial charge in [0.25, 0.3) is 5.17 Å². The maximum atomic E-state index is 15.0. The van der Waals surface area contributed by atoms with Crippen molar-refractivity contribution in [1.29, 1.82) is 0 Å². The number of halogens is 2. The van der Waals surface area contributed by atoms with Gasteiger partial charge in [-0.2, -0.15) is 0 Å². The lowest BCUT2D eigenvalue weighted by Crippen LogP contribution is -2.49. The lowest BCUT2D eigenvalue weighted by Gasteiger charge is -2.37. The number of aromatic nitrogens is 2. The molecule has 3 unspecified atom stereocenters. The number of nitrogens with one attached hydrogen (secondary N) is 2. The number of fused-ring (bicyclic) bond motifs is 6. The van der Waals surface area contributed by atoms with E-state index in [0.29, 0.717) is 68.1 Å². The van der Waals surface area contributed by atoms with Crippen molar-refractivity contribution in [3.63, 3.8) is 0 Å². The minimum Gasteiger partial charge on any atom is -0.445 e. The van der Waals surface area contributed by atoms with E-state index in [9.17, 15) is 23.9 Å². The average Bonchev–Trinajstić information content (AvgIpc) is 3.64. The maximum absolute atomic E-state index is 15.0. The van der Waals surface area contributed by atoms with Gasteiger partial charge >= 0.3 is 13.9 Å². The molecule has 0 bridgehead atoms. The summed E-state index contributed by atoms with van der Waals surface area (Å²) in [5, 5.41) is 1.82. The number of hydrogen-bond acceptors (Lipinski definition) is 8. The van der Waals surface area contributed by atoms with Crippen molar-refractivity contribution in [3.8, 4) is 11.5 Å². The van der Waals surface area contributed by atoms with Crippen LogP contribution in [0.15, 0.2) is 48.8 Å². The van der Waals surface area contributed by atoms with Crippen molar-refractivity contribution in [2.24, 2.45) is 16.2 Å². The number of thiocarbonyl (C=S) groups is 1. The van der Waals surface area contributed by atoms with E-state index in [2.05, 4.69) is 9.97 Å². The zero-order valence-electron chi connectivity index (χ0n) is 36.5. The highest BCUT2D eigenvalue weighted by Crippen LogP contribution is 3.01. The number of ether oxygens (including phenoxy) is 2. The number of phosphoric ester groups is 1. The number of carbonyl (C=O) groups excluding carboxylic acids is 3. The third-order valence-corrected chi connectivity index (χ3v) is 16.4. The molecule has 5 atom stereocenters. The Morgan fingerprint density at radius 1 is 0.815 bits per heavy atom. The number of likely N-dealkylation sites (N-methyl/N-ethyl adjacent to an activating group) is 2. The van der Waals surface area contributed by atoms with Gasteiger partial charge in [-0.3, -0.25) is 19.4 Å². The van der Waals surface area contributed by atoms with E-state index < -0.39 is 30.2 Å². The van der Waals surface area contributed by atoms with Crippen molar-refractivity contribution in [3.05, 3.63) is 82.2 Å². The average molecular weight is 964 g/mol. The second-order valence-corrected chi connectivity index (χ2v) is 20.8. The number of aryl methyl sites for hydroxylation is 3. The molecule has 3 fully saturated rings. The van der Waals surface area contributed by atoms with Crippen LogP contribution >= 0.6 is 43.2 Å². The van der Waals surface area contributed by atoms with Crippen LogP contribution in [0.5, 0.6) is 11.5 Å². The molecule has 2 aromatic heterocycles. The number of rotatable bonds is 12. The molecule has 5 aliphatic rings. The molecule has 5 aromatic rings. The summed E-state index contributed by atoms with van der Waals surface area (Å²) in [5.41, 5.74) is 6.08. The number of alkyl halides is 2. The monoisotopic (exact) mass is 962 g/mol. The van der Waals surface area contributed by atoms with Crippen LogP contribution in [-0.2, 0) is 25.5 Å².